The highest BCUT2D eigenvalue weighted by atomic mass is 16.2. The molecule has 0 fully saturated rings. The van der Waals surface area contributed by atoms with Gasteiger partial charge in [0, 0.05) is 11.8 Å². The van der Waals surface area contributed by atoms with E-state index < -0.39 is 0 Å². The Bertz CT molecular complexity index is 625. The number of carbonyl (C=O) groups excluding carboxylic acids is 1. The molecule has 0 unspecified atom stereocenters. The third kappa shape index (κ3) is 2.81. The molecule has 7 heteroatoms. The molecule has 2 heterocycles. The molecule has 0 radical (unpaired) electrons. The summed E-state index contributed by atoms with van der Waals surface area (Å²) in [5.74, 6) is 0.676. The Labute approximate surface area is 117 Å². The van der Waals surface area contributed by atoms with E-state index in [1.807, 2.05) is 19.9 Å². The number of nitrogens with one attached hydrogen (secondary N) is 2. The highest BCUT2D eigenvalue weighted by Crippen LogP contribution is 2.16. The minimum atomic E-state index is -0.183. The molecule has 0 bridgehead atoms. The molecule has 108 valence electrons. The first-order chi connectivity index (χ1) is 9.38. The molecule has 0 aromatic carbocycles. The number of carbonyl (C=O) groups is 1. The van der Waals surface area contributed by atoms with Crippen LogP contribution < -0.4 is 11.1 Å². The van der Waals surface area contributed by atoms with E-state index in [2.05, 4.69) is 34.5 Å². The number of H-pyrrole nitrogens is 1. The van der Waals surface area contributed by atoms with Crippen LogP contribution in [-0.2, 0) is 11.3 Å². The SMILES string of the molecule is Cc1nn(CC(=O)Nc2cc(C(C)C)[nH]n2)c(C)c1N. The van der Waals surface area contributed by atoms with Gasteiger partial charge in [-0.2, -0.15) is 10.2 Å². The van der Waals surface area contributed by atoms with Gasteiger partial charge in [0.15, 0.2) is 5.82 Å². The van der Waals surface area contributed by atoms with Crippen molar-refractivity contribution in [2.24, 2.45) is 0 Å². The Morgan fingerprint density at radius 3 is 2.70 bits per heavy atom. The number of amides is 1. The summed E-state index contributed by atoms with van der Waals surface area (Å²) in [4.78, 5) is 12.0. The van der Waals surface area contributed by atoms with Crippen molar-refractivity contribution in [2.75, 3.05) is 11.1 Å². The average molecular weight is 276 g/mol. The first-order valence-corrected chi connectivity index (χ1v) is 6.53. The van der Waals surface area contributed by atoms with Crippen LogP contribution in [0.4, 0.5) is 11.5 Å². The Kier molecular flexibility index (Phi) is 3.78. The minimum Gasteiger partial charge on any atom is -0.396 e. The molecule has 2 aromatic rings. The van der Waals surface area contributed by atoms with Gasteiger partial charge in [0.05, 0.1) is 17.1 Å². The van der Waals surface area contributed by atoms with Crippen LogP contribution in [-0.4, -0.2) is 25.9 Å². The molecule has 2 aromatic heterocycles. The zero-order valence-electron chi connectivity index (χ0n) is 12.2. The number of hydrogen-bond acceptors (Lipinski definition) is 4. The van der Waals surface area contributed by atoms with Crippen molar-refractivity contribution in [3.05, 3.63) is 23.1 Å². The van der Waals surface area contributed by atoms with Crippen molar-refractivity contribution in [1.82, 2.24) is 20.0 Å². The van der Waals surface area contributed by atoms with Crippen molar-refractivity contribution in [1.29, 1.82) is 0 Å². The maximum absolute atomic E-state index is 12.0. The second-order valence-corrected chi connectivity index (χ2v) is 5.15. The van der Waals surface area contributed by atoms with Crippen LogP contribution in [0.2, 0.25) is 0 Å². The van der Waals surface area contributed by atoms with Crippen LogP contribution in [0.25, 0.3) is 0 Å². The van der Waals surface area contributed by atoms with E-state index in [4.69, 9.17) is 5.73 Å². The topological polar surface area (TPSA) is 102 Å². The predicted octanol–water partition coefficient (Wildman–Crippen LogP) is 1.57. The van der Waals surface area contributed by atoms with Gasteiger partial charge in [0.1, 0.15) is 6.54 Å². The van der Waals surface area contributed by atoms with E-state index in [0.29, 0.717) is 17.4 Å². The van der Waals surface area contributed by atoms with Crippen LogP contribution in [0, 0.1) is 13.8 Å². The standard InChI is InChI=1S/C13H20N6O/c1-7(2)10-5-11(17-16-10)15-12(20)6-19-9(4)13(14)8(3)18-19/h5,7H,6,14H2,1-4H3,(H2,15,16,17,20). The molecule has 20 heavy (non-hydrogen) atoms. The maximum atomic E-state index is 12.0. The number of aromatic amines is 1. The van der Waals surface area contributed by atoms with Crippen molar-refractivity contribution in [3.8, 4) is 0 Å². The highest BCUT2D eigenvalue weighted by Gasteiger charge is 2.13. The van der Waals surface area contributed by atoms with Gasteiger partial charge < -0.3 is 11.1 Å². The molecule has 1 amide bonds. The summed E-state index contributed by atoms with van der Waals surface area (Å²) in [6.07, 6.45) is 0. The lowest BCUT2D eigenvalue weighted by Crippen LogP contribution is -2.20. The molecule has 0 spiro atoms. The molecule has 0 saturated carbocycles. The quantitative estimate of drug-likeness (QED) is 0.788. The highest BCUT2D eigenvalue weighted by molar-refractivity contribution is 5.89. The average Bonchev–Trinajstić information content (AvgIpc) is 2.92. The summed E-state index contributed by atoms with van der Waals surface area (Å²) in [6.45, 7) is 7.89. The van der Waals surface area contributed by atoms with Gasteiger partial charge in [-0.1, -0.05) is 13.8 Å². The third-order valence-electron chi connectivity index (χ3n) is 3.22. The fraction of sp³-hybridized carbons (Fsp3) is 0.462. The summed E-state index contributed by atoms with van der Waals surface area (Å²) in [6, 6.07) is 1.83. The summed E-state index contributed by atoms with van der Waals surface area (Å²) in [7, 11) is 0. The first kappa shape index (κ1) is 14.1. The number of rotatable bonds is 4. The van der Waals surface area contributed by atoms with E-state index in [1.54, 1.807) is 4.68 Å². The van der Waals surface area contributed by atoms with Crippen molar-refractivity contribution in [2.45, 2.75) is 40.2 Å². The minimum absolute atomic E-state index is 0.119. The molecule has 0 atom stereocenters. The van der Waals surface area contributed by atoms with Gasteiger partial charge in [0.25, 0.3) is 0 Å². The lowest BCUT2D eigenvalue weighted by molar-refractivity contribution is -0.117. The van der Waals surface area contributed by atoms with Gasteiger partial charge in [-0.15, -0.1) is 0 Å². The summed E-state index contributed by atoms with van der Waals surface area (Å²) in [5, 5.41) is 13.9. The van der Waals surface area contributed by atoms with Crippen LogP contribution in [0.1, 0.15) is 36.8 Å². The Morgan fingerprint density at radius 2 is 2.20 bits per heavy atom. The van der Waals surface area contributed by atoms with E-state index in [0.717, 1.165) is 17.1 Å². The maximum Gasteiger partial charge on any atom is 0.247 e. The molecular weight excluding hydrogens is 256 g/mol. The van der Waals surface area contributed by atoms with Gasteiger partial charge in [-0.05, 0) is 19.8 Å². The second-order valence-electron chi connectivity index (χ2n) is 5.15. The monoisotopic (exact) mass is 276 g/mol. The molecule has 4 N–H and O–H groups in total. The summed E-state index contributed by atoms with van der Waals surface area (Å²) in [5.41, 5.74) is 8.97. The normalized spacial score (nSPS) is 11.1. The largest absolute Gasteiger partial charge is 0.396 e. The second kappa shape index (κ2) is 5.36. The van der Waals surface area contributed by atoms with Crippen molar-refractivity contribution in [3.63, 3.8) is 0 Å². The van der Waals surface area contributed by atoms with E-state index in [1.165, 1.54) is 0 Å². The van der Waals surface area contributed by atoms with E-state index in [-0.39, 0.29) is 12.5 Å². The van der Waals surface area contributed by atoms with Gasteiger partial charge in [-0.25, -0.2) is 0 Å². The lowest BCUT2D eigenvalue weighted by atomic mass is 10.1. The number of nitrogens with zero attached hydrogens (tertiary/aromatic N) is 3. The predicted molar refractivity (Wildman–Crippen MR) is 77.4 cm³/mol. The zero-order valence-corrected chi connectivity index (χ0v) is 12.2. The van der Waals surface area contributed by atoms with Crippen LogP contribution >= 0.6 is 0 Å². The number of hydrogen-bond donors (Lipinski definition) is 3. The Balaban J connectivity index is 2.03. The fourth-order valence-corrected chi connectivity index (χ4v) is 1.88. The lowest BCUT2D eigenvalue weighted by Gasteiger charge is -2.04. The van der Waals surface area contributed by atoms with Crippen molar-refractivity contribution >= 4 is 17.4 Å². The molecule has 0 aliphatic heterocycles. The molecule has 7 nitrogen and oxygen atoms in total. The number of aromatic nitrogens is 4. The van der Waals surface area contributed by atoms with Crippen LogP contribution in [0.5, 0.6) is 0 Å². The molecule has 0 saturated heterocycles. The fourth-order valence-electron chi connectivity index (χ4n) is 1.88. The van der Waals surface area contributed by atoms with Crippen LogP contribution in [0.15, 0.2) is 6.07 Å². The van der Waals surface area contributed by atoms with Crippen molar-refractivity contribution < 1.29 is 4.79 Å². The Morgan fingerprint density at radius 1 is 1.50 bits per heavy atom. The zero-order chi connectivity index (χ0) is 14.9. The summed E-state index contributed by atoms with van der Waals surface area (Å²) < 4.78 is 1.59. The third-order valence-corrected chi connectivity index (χ3v) is 3.22. The number of nitrogen functional groups attached to an aromatic ring is 1. The summed E-state index contributed by atoms with van der Waals surface area (Å²) >= 11 is 0. The number of aryl methyl sites for hydroxylation is 1. The van der Waals surface area contributed by atoms with Gasteiger partial charge in [-0.3, -0.25) is 14.6 Å². The molecule has 0 aliphatic carbocycles. The number of nitrogens with two attached hydrogens (primary N) is 1. The van der Waals surface area contributed by atoms with Crippen LogP contribution in [0.3, 0.4) is 0 Å². The molecular formula is C13H20N6O. The first-order valence-electron chi connectivity index (χ1n) is 6.53. The molecule has 0 aliphatic rings. The van der Waals surface area contributed by atoms with Gasteiger partial charge in [0.2, 0.25) is 5.91 Å². The van der Waals surface area contributed by atoms with Gasteiger partial charge >= 0.3 is 0 Å². The Hall–Kier alpha value is -2.31. The molecule has 2 rings (SSSR count). The smallest absolute Gasteiger partial charge is 0.247 e. The van der Waals surface area contributed by atoms with E-state index >= 15 is 0 Å². The number of anilines is 2. The van der Waals surface area contributed by atoms with E-state index in [9.17, 15) is 4.79 Å².